The van der Waals surface area contributed by atoms with E-state index in [0.29, 0.717) is 11.3 Å². The molecule has 1 heterocycles. The number of carbonyl (C=O) groups excluding carboxylic acids is 1. The third-order valence-corrected chi connectivity index (χ3v) is 5.55. The lowest BCUT2D eigenvalue weighted by Crippen LogP contribution is -2.58. The summed E-state index contributed by atoms with van der Waals surface area (Å²) in [6, 6.07) is 0. The van der Waals surface area contributed by atoms with Crippen LogP contribution in [0.15, 0.2) is 0 Å². The minimum atomic E-state index is -0.372. The van der Waals surface area contributed by atoms with Gasteiger partial charge in [0.05, 0.1) is 7.11 Å². The highest BCUT2D eigenvalue weighted by molar-refractivity contribution is 5.81. The Morgan fingerprint density at radius 2 is 1.86 bits per heavy atom. The molecule has 1 saturated carbocycles. The van der Waals surface area contributed by atoms with Crippen molar-refractivity contribution in [1.82, 2.24) is 10.2 Å². The van der Waals surface area contributed by atoms with E-state index < -0.39 is 0 Å². The Kier molecular flexibility index (Phi) is 5.31. The van der Waals surface area contributed by atoms with Crippen LogP contribution in [0, 0.1) is 11.3 Å². The van der Waals surface area contributed by atoms with E-state index in [9.17, 15) is 4.79 Å². The van der Waals surface area contributed by atoms with E-state index in [-0.39, 0.29) is 11.5 Å². The summed E-state index contributed by atoms with van der Waals surface area (Å²) in [6.07, 6.45) is 5.26. The molecule has 4 heteroatoms. The van der Waals surface area contributed by atoms with Gasteiger partial charge in [-0.1, -0.05) is 20.8 Å². The van der Waals surface area contributed by atoms with Crippen LogP contribution in [0.3, 0.4) is 0 Å². The number of nitrogens with zero attached hydrogens (tertiary/aromatic N) is 1. The Hall–Kier alpha value is -0.610. The molecule has 1 saturated heterocycles. The standard InChI is InChI=1S/C17H32N2O2/c1-16(2,3)14-6-8-17(9-7-14,15(20)21-4)19-12-5-10-18-11-13-19/h14,18H,5-13H2,1-4H3. The topological polar surface area (TPSA) is 41.6 Å². The maximum atomic E-state index is 12.6. The second-order valence-electron chi connectivity index (χ2n) is 7.75. The summed E-state index contributed by atoms with van der Waals surface area (Å²) in [5, 5.41) is 3.43. The first-order valence-corrected chi connectivity index (χ1v) is 8.44. The van der Waals surface area contributed by atoms with Gasteiger partial charge >= 0.3 is 5.97 Å². The molecule has 21 heavy (non-hydrogen) atoms. The monoisotopic (exact) mass is 296 g/mol. The number of esters is 1. The van der Waals surface area contributed by atoms with Crippen molar-refractivity contribution >= 4 is 5.97 Å². The lowest BCUT2D eigenvalue weighted by atomic mass is 9.66. The first-order chi connectivity index (χ1) is 9.90. The van der Waals surface area contributed by atoms with Crippen LogP contribution in [-0.2, 0) is 9.53 Å². The SMILES string of the molecule is COC(=O)C1(N2CCCNCC2)CCC(C(C)(C)C)CC1. The number of ether oxygens (including phenoxy) is 1. The summed E-state index contributed by atoms with van der Waals surface area (Å²) in [5.41, 5.74) is -0.0366. The molecule has 2 fully saturated rings. The van der Waals surface area contributed by atoms with Crippen molar-refractivity contribution in [3.8, 4) is 0 Å². The Bertz CT molecular complexity index is 346. The smallest absolute Gasteiger partial charge is 0.326 e. The molecule has 0 unspecified atom stereocenters. The Morgan fingerprint density at radius 3 is 2.43 bits per heavy atom. The van der Waals surface area contributed by atoms with E-state index in [0.717, 1.165) is 58.3 Å². The van der Waals surface area contributed by atoms with E-state index in [4.69, 9.17) is 4.74 Å². The first-order valence-electron chi connectivity index (χ1n) is 8.44. The van der Waals surface area contributed by atoms with Gasteiger partial charge in [0.1, 0.15) is 5.54 Å². The molecule has 1 aliphatic heterocycles. The Labute approximate surface area is 129 Å². The van der Waals surface area contributed by atoms with Gasteiger partial charge in [0.15, 0.2) is 0 Å². The van der Waals surface area contributed by atoms with Gasteiger partial charge in [-0.15, -0.1) is 0 Å². The summed E-state index contributed by atoms with van der Waals surface area (Å²) in [6.45, 7) is 10.9. The highest BCUT2D eigenvalue weighted by atomic mass is 16.5. The van der Waals surface area contributed by atoms with Crippen molar-refractivity contribution in [3.63, 3.8) is 0 Å². The summed E-state index contributed by atoms with van der Waals surface area (Å²) in [7, 11) is 1.54. The quantitative estimate of drug-likeness (QED) is 0.795. The molecule has 0 aromatic heterocycles. The number of hydrogen-bond acceptors (Lipinski definition) is 4. The Balaban J connectivity index is 2.14. The number of hydrogen-bond donors (Lipinski definition) is 1. The molecule has 0 radical (unpaired) electrons. The molecular formula is C17H32N2O2. The summed E-state index contributed by atoms with van der Waals surface area (Å²) in [5.74, 6) is 0.692. The average molecular weight is 296 g/mol. The predicted octanol–water partition coefficient (Wildman–Crippen LogP) is 2.43. The van der Waals surface area contributed by atoms with Crippen molar-refractivity contribution < 1.29 is 9.53 Å². The van der Waals surface area contributed by atoms with Gasteiger partial charge in [0, 0.05) is 19.6 Å². The van der Waals surface area contributed by atoms with Crippen LogP contribution in [0.5, 0.6) is 0 Å². The third kappa shape index (κ3) is 3.59. The number of rotatable bonds is 2. The van der Waals surface area contributed by atoms with Gasteiger partial charge in [-0.25, -0.2) is 0 Å². The van der Waals surface area contributed by atoms with Crippen LogP contribution in [0.2, 0.25) is 0 Å². The molecule has 1 aliphatic carbocycles. The summed E-state index contributed by atoms with van der Waals surface area (Å²) >= 11 is 0. The van der Waals surface area contributed by atoms with Crippen molar-refractivity contribution in [2.75, 3.05) is 33.3 Å². The molecule has 4 nitrogen and oxygen atoms in total. The lowest BCUT2D eigenvalue weighted by molar-refractivity contribution is -0.159. The molecule has 0 aromatic rings. The second kappa shape index (κ2) is 6.66. The van der Waals surface area contributed by atoms with Crippen molar-refractivity contribution in [3.05, 3.63) is 0 Å². The minimum Gasteiger partial charge on any atom is -0.468 e. The molecule has 2 rings (SSSR count). The van der Waals surface area contributed by atoms with Gasteiger partial charge in [-0.3, -0.25) is 9.69 Å². The van der Waals surface area contributed by atoms with Gasteiger partial charge in [0.2, 0.25) is 0 Å². The Morgan fingerprint density at radius 1 is 1.19 bits per heavy atom. The lowest BCUT2D eigenvalue weighted by Gasteiger charge is -2.47. The molecule has 1 N–H and O–H groups in total. The van der Waals surface area contributed by atoms with Crippen LogP contribution in [0.1, 0.15) is 52.9 Å². The number of methoxy groups -OCH3 is 1. The highest BCUT2D eigenvalue weighted by Crippen LogP contribution is 2.44. The third-order valence-electron chi connectivity index (χ3n) is 5.55. The van der Waals surface area contributed by atoms with Crippen LogP contribution in [-0.4, -0.2) is 49.7 Å². The summed E-state index contributed by atoms with van der Waals surface area (Å²) < 4.78 is 5.21. The normalized spacial score (nSPS) is 32.5. The molecule has 0 spiro atoms. The minimum absolute atomic E-state index is 0.0169. The average Bonchev–Trinajstić information content (AvgIpc) is 2.75. The summed E-state index contributed by atoms with van der Waals surface area (Å²) in [4.78, 5) is 15.0. The first kappa shape index (κ1) is 16.8. The second-order valence-corrected chi connectivity index (χ2v) is 7.75. The van der Waals surface area contributed by atoms with E-state index in [2.05, 4.69) is 31.0 Å². The molecule has 2 aliphatic rings. The molecule has 122 valence electrons. The van der Waals surface area contributed by atoms with Gasteiger partial charge < -0.3 is 10.1 Å². The molecular weight excluding hydrogens is 264 g/mol. The zero-order valence-electron chi connectivity index (χ0n) is 14.2. The fraction of sp³-hybridized carbons (Fsp3) is 0.941. The van der Waals surface area contributed by atoms with E-state index in [1.807, 2.05) is 0 Å². The molecule has 0 aromatic carbocycles. The number of carbonyl (C=O) groups is 1. The van der Waals surface area contributed by atoms with Crippen molar-refractivity contribution in [2.45, 2.75) is 58.4 Å². The molecule has 0 atom stereocenters. The largest absolute Gasteiger partial charge is 0.468 e. The van der Waals surface area contributed by atoms with E-state index >= 15 is 0 Å². The van der Waals surface area contributed by atoms with Crippen LogP contribution < -0.4 is 5.32 Å². The van der Waals surface area contributed by atoms with Gasteiger partial charge in [0.25, 0.3) is 0 Å². The van der Waals surface area contributed by atoms with E-state index in [1.165, 1.54) is 7.11 Å². The van der Waals surface area contributed by atoms with Crippen LogP contribution >= 0.6 is 0 Å². The van der Waals surface area contributed by atoms with Gasteiger partial charge in [-0.05, 0) is 50.0 Å². The maximum Gasteiger partial charge on any atom is 0.326 e. The van der Waals surface area contributed by atoms with Crippen LogP contribution in [0.4, 0.5) is 0 Å². The predicted molar refractivity (Wildman–Crippen MR) is 85.2 cm³/mol. The highest BCUT2D eigenvalue weighted by Gasteiger charge is 2.48. The fourth-order valence-electron chi connectivity index (χ4n) is 4.07. The maximum absolute atomic E-state index is 12.6. The van der Waals surface area contributed by atoms with E-state index in [1.54, 1.807) is 0 Å². The molecule has 0 amide bonds. The zero-order chi connectivity index (χ0) is 15.5. The molecule has 0 bridgehead atoms. The van der Waals surface area contributed by atoms with Crippen molar-refractivity contribution in [2.24, 2.45) is 11.3 Å². The van der Waals surface area contributed by atoms with Crippen LogP contribution in [0.25, 0.3) is 0 Å². The zero-order valence-corrected chi connectivity index (χ0v) is 14.2. The van der Waals surface area contributed by atoms with Gasteiger partial charge in [-0.2, -0.15) is 0 Å². The van der Waals surface area contributed by atoms with Crippen molar-refractivity contribution in [1.29, 1.82) is 0 Å². The fourth-order valence-corrected chi connectivity index (χ4v) is 4.07. The number of nitrogens with one attached hydrogen (secondary N) is 1.